The molecule has 0 saturated heterocycles. The number of halogens is 1. The molecule has 1 atom stereocenters. The molecule has 0 radical (unpaired) electrons. The molecular formula is C11H13ClO3S. The van der Waals surface area contributed by atoms with Crippen LogP contribution in [0.1, 0.15) is 12.5 Å². The summed E-state index contributed by atoms with van der Waals surface area (Å²) in [6.45, 7) is 1.30. The van der Waals surface area contributed by atoms with Crippen LogP contribution in [0, 0.1) is 0 Å². The van der Waals surface area contributed by atoms with Gasteiger partial charge >= 0.3 is 5.97 Å². The highest BCUT2D eigenvalue weighted by Crippen LogP contribution is 2.19. The molecule has 0 amide bonds. The molecule has 1 aromatic rings. The lowest BCUT2D eigenvalue weighted by molar-refractivity contribution is -0.154. The van der Waals surface area contributed by atoms with Crippen molar-refractivity contribution in [3.05, 3.63) is 34.9 Å². The van der Waals surface area contributed by atoms with Crippen LogP contribution in [0.25, 0.3) is 0 Å². The van der Waals surface area contributed by atoms with E-state index in [1.165, 1.54) is 18.7 Å². The highest BCUT2D eigenvalue weighted by atomic mass is 35.5. The van der Waals surface area contributed by atoms with Crippen LogP contribution in [0.3, 0.4) is 0 Å². The number of carbonyl (C=O) groups is 1. The van der Waals surface area contributed by atoms with E-state index in [-0.39, 0.29) is 5.75 Å². The van der Waals surface area contributed by atoms with Crippen LogP contribution in [0.4, 0.5) is 0 Å². The predicted octanol–water partition coefficient (Wildman–Crippen LogP) is 2.41. The maximum Gasteiger partial charge on any atom is 0.336 e. The standard InChI is InChI=1S/C11H13ClO3S/c1-11(15,10(13)14)7-16-6-8-2-4-9(12)5-3-8/h2-5,15H,6-7H2,1H3,(H,13,14). The number of benzene rings is 1. The van der Waals surface area contributed by atoms with Gasteiger partial charge in [-0.05, 0) is 24.6 Å². The minimum absolute atomic E-state index is 0.158. The van der Waals surface area contributed by atoms with Gasteiger partial charge in [-0.25, -0.2) is 4.79 Å². The Bertz CT molecular complexity index is 362. The first kappa shape index (κ1) is 13.4. The molecule has 3 nitrogen and oxygen atoms in total. The smallest absolute Gasteiger partial charge is 0.336 e. The molecular weight excluding hydrogens is 248 g/mol. The SMILES string of the molecule is CC(O)(CSCc1ccc(Cl)cc1)C(=O)O. The summed E-state index contributed by atoms with van der Waals surface area (Å²) < 4.78 is 0. The lowest BCUT2D eigenvalue weighted by Gasteiger charge is -2.16. The first-order valence-corrected chi connectivity index (χ1v) is 6.23. The Kier molecular flexibility index (Phi) is 4.65. The van der Waals surface area contributed by atoms with Gasteiger partial charge in [0.25, 0.3) is 0 Å². The summed E-state index contributed by atoms with van der Waals surface area (Å²) in [5.74, 6) is -0.387. The molecule has 0 heterocycles. The van der Waals surface area contributed by atoms with Crippen LogP contribution in [0.2, 0.25) is 5.02 Å². The molecule has 1 unspecified atom stereocenters. The van der Waals surface area contributed by atoms with E-state index in [9.17, 15) is 9.90 Å². The van der Waals surface area contributed by atoms with Crippen molar-refractivity contribution in [1.29, 1.82) is 0 Å². The van der Waals surface area contributed by atoms with Gasteiger partial charge in [0.15, 0.2) is 5.60 Å². The van der Waals surface area contributed by atoms with Crippen LogP contribution in [-0.2, 0) is 10.5 Å². The molecule has 0 bridgehead atoms. The van der Waals surface area contributed by atoms with E-state index in [0.717, 1.165) is 5.56 Å². The first-order valence-electron chi connectivity index (χ1n) is 4.70. The number of carboxylic acid groups (broad SMARTS) is 1. The van der Waals surface area contributed by atoms with Crippen molar-refractivity contribution in [3.63, 3.8) is 0 Å². The molecule has 88 valence electrons. The molecule has 1 aromatic carbocycles. The normalized spacial score (nSPS) is 14.4. The highest BCUT2D eigenvalue weighted by molar-refractivity contribution is 7.98. The van der Waals surface area contributed by atoms with Crippen LogP contribution >= 0.6 is 23.4 Å². The summed E-state index contributed by atoms with van der Waals surface area (Å²) in [5, 5.41) is 18.8. The molecule has 5 heteroatoms. The van der Waals surface area contributed by atoms with Crippen molar-refractivity contribution >= 4 is 29.3 Å². The Hall–Kier alpha value is -0.710. The second kappa shape index (κ2) is 5.57. The molecule has 0 saturated carbocycles. The molecule has 0 spiro atoms. The van der Waals surface area contributed by atoms with Gasteiger partial charge in [0, 0.05) is 16.5 Å². The van der Waals surface area contributed by atoms with E-state index in [1.807, 2.05) is 12.1 Å². The molecule has 16 heavy (non-hydrogen) atoms. The van der Waals surface area contributed by atoms with Crippen molar-refractivity contribution in [2.45, 2.75) is 18.3 Å². The van der Waals surface area contributed by atoms with Crippen molar-refractivity contribution in [2.24, 2.45) is 0 Å². The maximum absolute atomic E-state index is 10.6. The van der Waals surface area contributed by atoms with E-state index >= 15 is 0 Å². The maximum atomic E-state index is 10.6. The number of rotatable bonds is 5. The van der Waals surface area contributed by atoms with Gasteiger partial charge < -0.3 is 10.2 Å². The van der Waals surface area contributed by atoms with Crippen molar-refractivity contribution < 1.29 is 15.0 Å². The lowest BCUT2D eigenvalue weighted by atomic mass is 10.1. The number of aliphatic hydroxyl groups is 1. The summed E-state index contributed by atoms with van der Waals surface area (Å²) in [5.41, 5.74) is -0.618. The molecule has 2 N–H and O–H groups in total. The molecule has 0 aliphatic rings. The second-order valence-corrected chi connectivity index (χ2v) is 5.12. The third-order valence-corrected chi connectivity index (χ3v) is 3.58. The highest BCUT2D eigenvalue weighted by Gasteiger charge is 2.29. The van der Waals surface area contributed by atoms with Crippen molar-refractivity contribution in [3.8, 4) is 0 Å². The number of hydrogen-bond acceptors (Lipinski definition) is 3. The van der Waals surface area contributed by atoms with Gasteiger partial charge in [-0.2, -0.15) is 11.8 Å². The molecule has 0 aliphatic heterocycles. The minimum Gasteiger partial charge on any atom is -0.479 e. The quantitative estimate of drug-likeness (QED) is 0.854. The zero-order valence-corrected chi connectivity index (χ0v) is 10.4. The Morgan fingerprint density at radius 3 is 2.50 bits per heavy atom. The third kappa shape index (κ3) is 4.04. The van der Waals surface area contributed by atoms with E-state index in [4.69, 9.17) is 16.7 Å². The topological polar surface area (TPSA) is 57.5 Å². The lowest BCUT2D eigenvalue weighted by Crippen LogP contribution is -2.37. The molecule has 0 fully saturated rings. The largest absolute Gasteiger partial charge is 0.479 e. The molecule has 1 rings (SSSR count). The zero-order chi connectivity index (χ0) is 12.2. The van der Waals surface area contributed by atoms with E-state index in [1.54, 1.807) is 12.1 Å². The van der Waals surface area contributed by atoms with E-state index in [2.05, 4.69) is 0 Å². The summed E-state index contributed by atoms with van der Waals surface area (Å²) >= 11 is 7.11. The Morgan fingerprint density at radius 1 is 1.44 bits per heavy atom. The Labute approximate surface area is 103 Å². The fourth-order valence-electron chi connectivity index (χ4n) is 1.01. The van der Waals surface area contributed by atoms with Gasteiger partial charge in [-0.15, -0.1) is 0 Å². The number of aliphatic carboxylic acids is 1. The number of thioether (sulfide) groups is 1. The van der Waals surface area contributed by atoms with E-state index < -0.39 is 11.6 Å². The second-order valence-electron chi connectivity index (χ2n) is 3.70. The van der Waals surface area contributed by atoms with Crippen LogP contribution in [-0.4, -0.2) is 27.5 Å². The number of hydrogen-bond donors (Lipinski definition) is 2. The summed E-state index contributed by atoms with van der Waals surface area (Å²) in [6.07, 6.45) is 0. The summed E-state index contributed by atoms with van der Waals surface area (Å²) in [6, 6.07) is 7.33. The fraction of sp³-hybridized carbons (Fsp3) is 0.364. The Balaban J connectivity index is 2.41. The van der Waals surface area contributed by atoms with Crippen molar-refractivity contribution in [1.82, 2.24) is 0 Å². The monoisotopic (exact) mass is 260 g/mol. The van der Waals surface area contributed by atoms with E-state index in [0.29, 0.717) is 10.8 Å². The van der Waals surface area contributed by atoms with Crippen LogP contribution in [0.5, 0.6) is 0 Å². The van der Waals surface area contributed by atoms with Gasteiger partial charge in [-0.3, -0.25) is 0 Å². The van der Waals surface area contributed by atoms with Gasteiger partial charge in [0.05, 0.1) is 0 Å². The number of carboxylic acids is 1. The zero-order valence-electron chi connectivity index (χ0n) is 8.81. The molecule has 0 aromatic heterocycles. The molecule has 0 aliphatic carbocycles. The fourth-order valence-corrected chi connectivity index (χ4v) is 2.19. The van der Waals surface area contributed by atoms with Gasteiger partial charge in [0.2, 0.25) is 0 Å². The van der Waals surface area contributed by atoms with Crippen LogP contribution < -0.4 is 0 Å². The van der Waals surface area contributed by atoms with Gasteiger partial charge in [0.1, 0.15) is 0 Å². The van der Waals surface area contributed by atoms with Crippen molar-refractivity contribution in [2.75, 3.05) is 5.75 Å². The van der Waals surface area contributed by atoms with Gasteiger partial charge in [-0.1, -0.05) is 23.7 Å². The minimum atomic E-state index is -1.67. The third-order valence-electron chi connectivity index (χ3n) is 2.03. The predicted molar refractivity (Wildman–Crippen MR) is 65.9 cm³/mol. The summed E-state index contributed by atoms with van der Waals surface area (Å²) in [4.78, 5) is 10.6. The van der Waals surface area contributed by atoms with Crippen LogP contribution in [0.15, 0.2) is 24.3 Å². The first-order chi connectivity index (χ1) is 7.42. The average Bonchev–Trinajstić information content (AvgIpc) is 2.20. The Morgan fingerprint density at radius 2 is 2.00 bits per heavy atom. The summed E-state index contributed by atoms with van der Waals surface area (Å²) in [7, 11) is 0. The average molecular weight is 261 g/mol.